The van der Waals surface area contributed by atoms with Crippen LogP contribution in [0.3, 0.4) is 0 Å². The molecule has 5 nitrogen and oxygen atoms in total. The number of carbonyl (C=O) groups is 1. The fourth-order valence-electron chi connectivity index (χ4n) is 0.274. The van der Waals surface area contributed by atoms with Crippen LogP contribution in [0, 0.1) is 5.41 Å². The van der Waals surface area contributed by atoms with Crippen molar-refractivity contribution in [3.8, 4) is 0 Å². The minimum absolute atomic E-state index is 0.0845. The zero-order chi connectivity index (χ0) is 8.20. The number of carboxylic acids is 1. The number of rotatable bonds is 4. The van der Waals surface area contributed by atoms with Crippen LogP contribution in [0.4, 0.5) is 0 Å². The molecule has 0 aliphatic heterocycles. The number of nitrogens with one attached hydrogen (secondary N) is 1. The summed E-state index contributed by atoms with van der Waals surface area (Å²) in [5.41, 5.74) is 0.439. The van der Waals surface area contributed by atoms with Crippen LogP contribution in [0.2, 0.25) is 0 Å². The molecule has 0 aliphatic carbocycles. The van der Waals surface area contributed by atoms with Gasteiger partial charge in [0.1, 0.15) is 0 Å². The lowest BCUT2D eigenvalue weighted by atomic mass is 9.96. The Morgan fingerprint density at radius 3 is 2.50 bits per heavy atom. The van der Waals surface area contributed by atoms with Gasteiger partial charge < -0.3 is 5.11 Å². The zero-order valence-electron chi connectivity index (χ0n) is 5.92. The second-order valence-electron chi connectivity index (χ2n) is 2.57. The van der Waals surface area contributed by atoms with Gasteiger partial charge in [0.25, 0.3) is 0 Å². The summed E-state index contributed by atoms with van der Waals surface area (Å²) in [6.07, 6.45) is 0. The topological polar surface area (TPSA) is 78.8 Å². The predicted octanol–water partition coefficient (Wildman–Crippen LogP) is 0.00760. The quantitative estimate of drug-likeness (QED) is 0.490. The largest absolute Gasteiger partial charge is 0.481 e. The molecule has 0 rings (SSSR count). The van der Waals surface area contributed by atoms with E-state index in [1.54, 1.807) is 0 Å². The van der Waals surface area contributed by atoms with Crippen LogP contribution >= 0.6 is 0 Å². The number of carboxylic acid groups (broad SMARTS) is 1. The van der Waals surface area contributed by atoms with Gasteiger partial charge in [-0.05, 0) is 13.8 Å². The molecule has 0 saturated heterocycles. The maximum absolute atomic E-state index is 10.3. The first-order chi connectivity index (χ1) is 4.50. The van der Waals surface area contributed by atoms with Crippen molar-refractivity contribution in [1.29, 1.82) is 0 Å². The summed E-state index contributed by atoms with van der Waals surface area (Å²) in [7, 11) is 0. The third-order valence-corrected chi connectivity index (χ3v) is 1.08. The lowest BCUT2D eigenvalue weighted by molar-refractivity contribution is -0.169. The Labute approximate surface area is 58.5 Å². The highest BCUT2D eigenvalue weighted by Gasteiger charge is 2.27. The van der Waals surface area contributed by atoms with E-state index in [0.29, 0.717) is 0 Å². The molecule has 0 saturated carbocycles. The first kappa shape index (κ1) is 9.35. The highest BCUT2D eigenvalue weighted by Crippen LogP contribution is 2.14. The van der Waals surface area contributed by atoms with Gasteiger partial charge in [0.2, 0.25) is 0 Å². The molecule has 0 fully saturated rings. The van der Waals surface area contributed by atoms with Crippen molar-refractivity contribution in [3.05, 3.63) is 0 Å². The molecule has 10 heavy (non-hydrogen) atoms. The molecule has 0 bridgehead atoms. The highest BCUT2D eigenvalue weighted by molar-refractivity contribution is 5.73. The van der Waals surface area contributed by atoms with Crippen LogP contribution < -0.4 is 5.64 Å². The molecule has 0 heterocycles. The summed E-state index contributed by atoms with van der Waals surface area (Å²) in [5.74, 6) is -0.970. The van der Waals surface area contributed by atoms with Crippen molar-refractivity contribution in [1.82, 2.24) is 5.64 Å². The average molecular weight is 149 g/mol. The summed E-state index contributed by atoms with van der Waals surface area (Å²) in [6.45, 7) is 2.90. The summed E-state index contributed by atoms with van der Waals surface area (Å²) in [5, 5.41) is 16.4. The van der Waals surface area contributed by atoms with Gasteiger partial charge in [0.05, 0.1) is 12.0 Å². The van der Waals surface area contributed by atoms with Gasteiger partial charge in [-0.15, -0.1) is 0 Å². The number of hydrogen-bond donors (Lipinski definition) is 3. The summed E-state index contributed by atoms with van der Waals surface area (Å²) >= 11 is 0. The van der Waals surface area contributed by atoms with Crippen molar-refractivity contribution in [3.63, 3.8) is 0 Å². The predicted molar refractivity (Wildman–Crippen MR) is 32.3 cm³/mol. The minimum Gasteiger partial charge on any atom is -0.481 e. The first-order valence-corrected chi connectivity index (χ1v) is 2.75. The van der Waals surface area contributed by atoms with Crippen LogP contribution in [-0.4, -0.2) is 22.9 Å². The molecule has 0 unspecified atom stereocenters. The van der Waals surface area contributed by atoms with E-state index in [9.17, 15) is 4.79 Å². The van der Waals surface area contributed by atoms with Crippen LogP contribution in [0.15, 0.2) is 0 Å². The van der Waals surface area contributed by atoms with E-state index in [1.165, 1.54) is 19.5 Å². The Balaban J connectivity index is 3.75. The molecular weight excluding hydrogens is 138 g/mol. The van der Waals surface area contributed by atoms with E-state index in [4.69, 9.17) is 10.3 Å². The monoisotopic (exact) mass is 149 g/mol. The minimum atomic E-state index is -0.976. The van der Waals surface area contributed by atoms with E-state index in [2.05, 4.69) is 4.84 Å². The van der Waals surface area contributed by atoms with Crippen LogP contribution in [0.5, 0.6) is 0 Å². The van der Waals surface area contributed by atoms with E-state index in [1.807, 2.05) is 0 Å². The number of hydrogen-bond acceptors (Lipinski definition) is 4. The summed E-state index contributed by atoms with van der Waals surface area (Å²) < 4.78 is 0. The second kappa shape index (κ2) is 3.50. The van der Waals surface area contributed by atoms with Crippen molar-refractivity contribution in [2.45, 2.75) is 13.8 Å². The SMILES string of the molecule is CC(C)(CONO)C(=O)O. The molecule has 60 valence electrons. The Kier molecular flexibility index (Phi) is 3.27. The fraction of sp³-hybridized carbons (Fsp3) is 0.800. The lowest BCUT2D eigenvalue weighted by Gasteiger charge is -2.16. The molecule has 3 N–H and O–H groups in total. The molecule has 0 radical (unpaired) electrons. The third kappa shape index (κ3) is 2.77. The van der Waals surface area contributed by atoms with E-state index in [-0.39, 0.29) is 6.61 Å². The van der Waals surface area contributed by atoms with Crippen molar-refractivity contribution >= 4 is 5.97 Å². The Hall–Kier alpha value is -0.650. The van der Waals surface area contributed by atoms with Crippen LogP contribution in [0.1, 0.15) is 13.8 Å². The smallest absolute Gasteiger partial charge is 0.311 e. The zero-order valence-corrected chi connectivity index (χ0v) is 5.92. The van der Waals surface area contributed by atoms with Crippen molar-refractivity contribution in [2.75, 3.05) is 6.61 Å². The molecule has 5 heteroatoms. The first-order valence-electron chi connectivity index (χ1n) is 2.75. The maximum atomic E-state index is 10.3. The normalized spacial score (nSPS) is 11.5. The summed E-state index contributed by atoms with van der Waals surface area (Å²) in [6, 6.07) is 0. The maximum Gasteiger partial charge on any atom is 0.311 e. The lowest BCUT2D eigenvalue weighted by Crippen LogP contribution is -2.31. The number of aliphatic carboxylic acids is 1. The van der Waals surface area contributed by atoms with Crippen LogP contribution in [0.25, 0.3) is 0 Å². The van der Waals surface area contributed by atoms with Gasteiger partial charge in [-0.1, -0.05) is 5.64 Å². The second-order valence-corrected chi connectivity index (χ2v) is 2.57. The van der Waals surface area contributed by atoms with E-state index < -0.39 is 11.4 Å². The molecule has 0 aromatic rings. The molecule has 0 spiro atoms. The van der Waals surface area contributed by atoms with Crippen LogP contribution in [-0.2, 0) is 9.63 Å². The van der Waals surface area contributed by atoms with E-state index >= 15 is 0 Å². The third-order valence-electron chi connectivity index (χ3n) is 1.08. The van der Waals surface area contributed by atoms with Gasteiger partial charge in [-0.2, -0.15) is 0 Å². The molecular formula is C5H11NO4. The molecule has 0 aromatic carbocycles. The Morgan fingerprint density at radius 2 is 2.20 bits per heavy atom. The Bertz CT molecular complexity index is 123. The van der Waals surface area contributed by atoms with Gasteiger partial charge >= 0.3 is 5.97 Å². The molecule has 0 aromatic heterocycles. The average Bonchev–Trinajstić information content (AvgIpc) is 1.84. The Morgan fingerprint density at radius 1 is 1.70 bits per heavy atom. The van der Waals surface area contributed by atoms with Gasteiger partial charge in [-0.25, -0.2) is 0 Å². The molecule has 0 amide bonds. The van der Waals surface area contributed by atoms with Crippen molar-refractivity contribution < 1.29 is 19.9 Å². The fourth-order valence-corrected chi connectivity index (χ4v) is 0.274. The summed E-state index contributed by atoms with van der Waals surface area (Å²) in [4.78, 5) is 14.6. The standard InChI is InChI=1S/C5H11NO4/c1-5(2,4(7)8)3-10-6-9/h6,9H,3H2,1-2H3,(H,7,8). The van der Waals surface area contributed by atoms with Gasteiger partial charge in [0, 0.05) is 0 Å². The molecule has 0 aliphatic rings. The van der Waals surface area contributed by atoms with E-state index in [0.717, 1.165) is 0 Å². The van der Waals surface area contributed by atoms with Crippen molar-refractivity contribution in [2.24, 2.45) is 5.41 Å². The van der Waals surface area contributed by atoms with Gasteiger partial charge in [0.15, 0.2) is 0 Å². The molecule has 0 atom stereocenters. The highest BCUT2D eigenvalue weighted by atomic mass is 16.8. The van der Waals surface area contributed by atoms with Gasteiger partial charge in [-0.3, -0.25) is 14.8 Å².